The van der Waals surface area contributed by atoms with Crippen molar-refractivity contribution in [1.29, 1.82) is 0 Å². The van der Waals surface area contributed by atoms with Crippen molar-refractivity contribution in [1.82, 2.24) is 5.32 Å². The molecule has 0 aliphatic heterocycles. The smallest absolute Gasteiger partial charge is 0.320 e. The van der Waals surface area contributed by atoms with E-state index >= 15 is 0 Å². The summed E-state index contributed by atoms with van der Waals surface area (Å²) in [6, 6.07) is 5.52. The van der Waals surface area contributed by atoms with Crippen LogP contribution in [-0.4, -0.2) is 40.1 Å². The van der Waals surface area contributed by atoms with Gasteiger partial charge in [-0.25, -0.2) is 8.42 Å². The Morgan fingerprint density at radius 2 is 2.00 bits per heavy atom. The van der Waals surface area contributed by atoms with Crippen molar-refractivity contribution in [3.8, 4) is 0 Å². The van der Waals surface area contributed by atoms with Crippen LogP contribution in [-0.2, 0) is 19.4 Å². The Balaban J connectivity index is 2.94. The number of benzene rings is 1. The quantitative estimate of drug-likeness (QED) is 0.798. The zero-order valence-electron chi connectivity index (χ0n) is 12.3. The van der Waals surface area contributed by atoms with Gasteiger partial charge in [-0.1, -0.05) is 23.8 Å². The fourth-order valence-electron chi connectivity index (χ4n) is 2.10. The highest BCUT2D eigenvalue weighted by Crippen LogP contribution is 2.20. The number of hydrogen-bond donors (Lipinski definition) is 1. The highest BCUT2D eigenvalue weighted by Gasteiger charge is 2.23. The summed E-state index contributed by atoms with van der Waals surface area (Å²) in [5, 5.41) is 2.99. The van der Waals surface area contributed by atoms with E-state index < -0.39 is 21.6 Å². The van der Waals surface area contributed by atoms with E-state index in [0.29, 0.717) is 0 Å². The molecule has 0 aliphatic rings. The van der Waals surface area contributed by atoms with Gasteiger partial charge in [0.2, 0.25) is 0 Å². The summed E-state index contributed by atoms with van der Waals surface area (Å²) in [6.45, 7) is 3.93. The molecular formula is C14H21NO4S. The third kappa shape index (κ3) is 4.61. The van der Waals surface area contributed by atoms with Crippen LogP contribution >= 0.6 is 0 Å². The molecule has 0 fully saturated rings. The number of aryl methyl sites for hydroxylation is 2. The molecule has 1 atom stereocenters. The third-order valence-corrected chi connectivity index (χ3v) is 4.65. The van der Waals surface area contributed by atoms with E-state index in [1.807, 2.05) is 32.0 Å². The van der Waals surface area contributed by atoms with Crippen molar-refractivity contribution in [2.45, 2.75) is 19.9 Å². The zero-order valence-corrected chi connectivity index (χ0v) is 13.1. The molecule has 1 rings (SSSR count). The number of rotatable bonds is 6. The van der Waals surface area contributed by atoms with Gasteiger partial charge in [0, 0.05) is 6.04 Å². The van der Waals surface area contributed by atoms with E-state index in [0.717, 1.165) is 16.7 Å². The Kier molecular flexibility index (Phi) is 5.71. The maximum absolute atomic E-state index is 12.0. The molecule has 0 bridgehead atoms. The average Bonchev–Trinajstić information content (AvgIpc) is 2.35. The summed E-state index contributed by atoms with van der Waals surface area (Å²) >= 11 is 0. The van der Waals surface area contributed by atoms with Crippen LogP contribution in [0.25, 0.3) is 0 Å². The lowest BCUT2D eigenvalue weighted by atomic mass is 10.0. The first-order valence-corrected chi connectivity index (χ1v) is 8.13. The number of methoxy groups -OCH3 is 1. The number of nitrogens with one attached hydrogen (secondary N) is 1. The molecule has 0 saturated carbocycles. The fourth-order valence-corrected chi connectivity index (χ4v) is 3.55. The van der Waals surface area contributed by atoms with Crippen molar-refractivity contribution in [3.05, 3.63) is 34.9 Å². The number of ether oxygens (including phenoxy) is 1. The van der Waals surface area contributed by atoms with E-state index in [1.165, 1.54) is 7.11 Å². The molecule has 5 nitrogen and oxygen atoms in total. The van der Waals surface area contributed by atoms with Gasteiger partial charge in [-0.3, -0.25) is 4.79 Å². The molecule has 0 aromatic heterocycles. The predicted molar refractivity (Wildman–Crippen MR) is 78.4 cm³/mol. The van der Waals surface area contributed by atoms with Crippen LogP contribution in [0.15, 0.2) is 18.2 Å². The number of carbonyl (C=O) groups is 1. The van der Waals surface area contributed by atoms with Crippen LogP contribution in [0, 0.1) is 13.8 Å². The molecule has 0 spiro atoms. The minimum absolute atomic E-state index is 0.136. The van der Waals surface area contributed by atoms with Gasteiger partial charge in [0.15, 0.2) is 9.84 Å². The van der Waals surface area contributed by atoms with Gasteiger partial charge in [-0.05, 0) is 32.0 Å². The minimum atomic E-state index is -3.52. The maximum atomic E-state index is 12.0. The topological polar surface area (TPSA) is 72.5 Å². The summed E-state index contributed by atoms with van der Waals surface area (Å²) in [7, 11) is -0.632. The summed E-state index contributed by atoms with van der Waals surface area (Å²) in [4.78, 5) is 11.1. The van der Waals surface area contributed by atoms with Gasteiger partial charge in [-0.15, -0.1) is 0 Å². The van der Waals surface area contributed by atoms with Crippen LogP contribution in [0.2, 0.25) is 0 Å². The van der Waals surface area contributed by atoms with Crippen molar-refractivity contribution in [2.75, 3.05) is 25.7 Å². The van der Waals surface area contributed by atoms with Crippen LogP contribution in [0.5, 0.6) is 0 Å². The molecule has 0 radical (unpaired) electrons. The van der Waals surface area contributed by atoms with Crippen LogP contribution in [0.1, 0.15) is 22.7 Å². The van der Waals surface area contributed by atoms with Crippen molar-refractivity contribution in [2.24, 2.45) is 0 Å². The highest BCUT2D eigenvalue weighted by molar-refractivity contribution is 7.92. The Hall–Kier alpha value is -1.40. The fraction of sp³-hybridized carbons (Fsp3) is 0.500. The standard InChI is InChI=1S/C14H21NO4S/c1-10-5-6-12(11(2)7-10)13(15-3)8-20(17,18)9-14(16)19-4/h5-7,13,15H,8-9H2,1-4H3. The third-order valence-electron chi connectivity index (χ3n) is 3.14. The van der Waals surface area contributed by atoms with Crippen LogP contribution < -0.4 is 5.32 Å². The van der Waals surface area contributed by atoms with Gasteiger partial charge in [0.25, 0.3) is 0 Å². The zero-order chi connectivity index (χ0) is 15.3. The second-order valence-corrected chi connectivity index (χ2v) is 6.94. The van der Waals surface area contributed by atoms with Gasteiger partial charge >= 0.3 is 5.97 Å². The molecule has 1 aromatic carbocycles. The molecule has 6 heteroatoms. The molecule has 0 heterocycles. The molecule has 1 unspecified atom stereocenters. The molecule has 0 amide bonds. The van der Waals surface area contributed by atoms with E-state index in [2.05, 4.69) is 10.1 Å². The Morgan fingerprint density at radius 3 is 2.50 bits per heavy atom. The second kappa shape index (κ2) is 6.85. The SMILES string of the molecule is CNC(CS(=O)(=O)CC(=O)OC)c1ccc(C)cc1C. The second-order valence-electron chi connectivity index (χ2n) is 4.83. The molecule has 0 saturated heterocycles. The van der Waals surface area contributed by atoms with Crippen LogP contribution in [0.4, 0.5) is 0 Å². The number of esters is 1. The Labute approximate surface area is 120 Å². The first-order valence-electron chi connectivity index (χ1n) is 6.30. The number of sulfone groups is 1. The first kappa shape index (κ1) is 16.7. The van der Waals surface area contributed by atoms with Gasteiger partial charge in [-0.2, -0.15) is 0 Å². The normalized spacial score (nSPS) is 13.0. The number of carbonyl (C=O) groups excluding carboxylic acids is 1. The summed E-state index contributed by atoms with van der Waals surface area (Å²) < 4.78 is 28.4. The highest BCUT2D eigenvalue weighted by atomic mass is 32.2. The van der Waals surface area contributed by atoms with Gasteiger partial charge in [0.05, 0.1) is 12.9 Å². The summed E-state index contributed by atoms with van der Waals surface area (Å²) in [6.07, 6.45) is 0. The monoisotopic (exact) mass is 299 g/mol. The van der Waals surface area contributed by atoms with E-state index in [1.54, 1.807) is 7.05 Å². The molecule has 112 valence electrons. The Bertz CT molecular complexity index is 581. The molecule has 1 N–H and O–H groups in total. The molecule has 1 aromatic rings. The average molecular weight is 299 g/mol. The predicted octanol–water partition coefficient (Wildman–Crippen LogP) is 1.15. The largest absolute Gasteiger partial charge is 0.468 e. The van der Waals surface area contributed by atoms with Gasteiger partial charge in [0.1, 0.15) is 5.75 Å². The molecule has 20 heavy (non-hydrogen) atoms. The minimum Gasteiger partial charge on any atom is -0.468 e. The lowest BCUT2D eigenvalue weighted by molar-refractivity contribution is -0.137. The van der Waals surface area contributed by atoms with E-state index in [4.69, 9.17) is 0 Å². The van der Waals surface area contributed by atoms with Crippen molar-refractivity contribution >= 4 is 15.8 Å². The first-order chi connectivity index (χ1) is 9.29. The summed E-state index contributed by atoms with van der Waals surface area (Å²) in [5.74, 6) is -1.46. The van der Waals surface area contributed by atoms with E-state index in [9.17, 15) is 13.2 Å². The van der Waals surface area contributed by atoms with Crippen molar-refractivity contribution in [3.63, 3.8) is 0 Å². The summed E-state index contributed by atoms with van der Waals surface area (Å²) in [5.41, 5.74) is 3.07. The lowest BCUT2D eigenvalue weighted by Gasteiger charge is -2.19. The Morgan fingerprint density at radius 1 is 1.35 bits per heavy atom. The van der Waals surface area contributed by atoms with Crippen molar-refractivity contribution < 1.29 is 17.9 Å². The van der Waals surface area contributed by atoms with E-state index in [-0.39, 0.29) is 11.8 Å². The van der Waals surface area contributed by atoms with Gasteiger partial charge < -0.3 is 10.1 Å². The lowest BCUT2D eigenvalue weighted by Crippen LogP contribution is -2.29. The molecule has 0 aliphatic carbocycles. The van der Waals surface area contributed by atoms with Crippen LogP contribution in [0.3, 0.4) is 0 Å². The maximum Gasteiger partial charge on any atom is 0.320 e. The number of hydrogen-bond acceptors (Lipinski definition) is 5. The molecular weight excluding hydrogens is 278 g/mol.